The van der Waals surface area contributed by atoms with E-state index in [2.05, 4.69) is 31.9 Å². The van der Waals surface area contributed by atoms with Crippen LogP contribution >= 0.6 is 15.9 Å². The average molecular weight is 573 g/mol. The Morgan fingerprint density at radius 1 is 1.21 bits per heavy atom. The quantitative estimate of drug-likeness (QED) is 0.111. The fraction of sp³-hybridized carbons (Fsp3) is 0.0741. The fourth-order valence-corrected chi connectivity index (χ4v) is 4.49. The first-order valence-electron chi connectivity index (χ1n) is 11.1. The largest absolute Gasteiger partial charge is 0.496 e. The first-order chi connectivity index (χ1) is 18.4. The van der Waals surface area contributed by atoms with Crippen molar-refractivity contribution in [2.24, 2.45) is 5.10 Å². The molecule has 188 valence electrons. The number of hydrogen-bond acceptors (Lipinski definition) is 8. The number of furan rings is 1. The Morgan fingerprint density at radius 3 is 2.79 bits per heavy atom. The third kappa shape index (κ3) is 4.49. The number of terminal acetylenes is 1. The van der Waals surface area contributed by atoms with Gasteiger partial charge < -0.3 is 13.9 Å². The summed E-state index contributed by atoms with van der Waals surface area (Å²) in [4.78, 5) is 29.2. The van der Waals surface area contributed by atoms with Crippen LogP contribution in [0.25, 0.3) is 33.5 Å². The molecule has 11 heteroatoms. The van der Waals surface area contributed by atoms with Gasteiger partial charge in [-0.1, -0.05) is 24.1 Å². The van der Waals surface area contributed by atoms with Gasteiger partial charge >= 0.3 is 5.69 Å². The molecule has 0 radical (unpaired) electrons. The topological polar surface area (TPSA) is 122 Å². The molecule has 38 heavy (non-hydrogen) atoms. The van der Waals surface area contributed by atoms with E-state index in [-0.39, 0.29) is 29.6 Å². The van der Waals surface area contributed by atoms with Crippen molar-refractivity contribution in [1.82, 2.24) is 9.66 Å². The minimum Gasteiger partial charge on any atom is -0.496 e. The number of nitrogens with zero attached hydrogens (tertiary/aromatic N) is 4. The van der Waals surface area contributed by atoms with Gasteiger partial charge in [-0.05, 0) is 52.3 Å². The van der Waals surface area contributed by atoms with Gasteiger partial charge in [-0.3, -0.25) is 14.9 Å². The molecule has 0 bridgehead atoms. The van der Waals surface area contributed by atoms with Gasteiger partial charge in [0.2, 0.25) is 11.6 Å². The smallest absolute Gasteiger partial charge is 0.312 e. The molecule has 5 aromatic rings. The van der Waals surface area contributed by atoms with E-state index in [9.17, 15) is 14.9 Å². The van der Waals surface area contributed by atoms with Crippen LogP contribution in [0.3, 0.4) is 0 Å². The molecule has 10 nitrogen and oxygen atoms in total. The fourth-order valence-electron chi connectivity index (χ4n) is 3.90. The molecule has 0 aliphatic carbocycles. The summed E-state index contributed by atoms with van der Waals surface area (Å²) in [7, 11) is 1.55. The van der Waals surface area contributed by atoms with Gasteiger partial charge in [0, 0.05) is 11.6 Å². The molecule has 0 atom stereocenters. The zero-order valence-electron chi connectivity index (χ0n) is 19.8. The van der Waals surface area contributed by atoms with Gasteiger partial charge in [0.05, 0.1) is 39.0 Å². The van der Waals surface area contributed by atoms with Crippen molar-refractivity contribution in [2.75, 3.05) is 13.7 Å². The van der Waals surface area contributed by atoms with Crippen molar-refractivity contribution in [1.29, 1.82) is 0 Å². The summed E-state index contributed by atoms with van der Waals surface area (Å²) < 4.78 is 18.2. The van der Waals surface area contributed by atoms with Crippen LogP contribution in [0.1, 0.15) is 5.56 Å². The van der Waals surface area contributed by atoms with Gasteiger partial charge in [0.15, 0.2) is 5.76 Å². The lowest BCUT2D eigenvalue weighted by Gasteiger charge is -2.08. The van der Waals surface area contributed by atoms with Crippen LogP contribution in [0.4, 0.5) is 5.69 Å². The van der Waals surface area contributed by atoms with E-state index in [1.807, 2.05) is 0 Å². The SMILES string of the molecule is C#CCOc1c(Br)cc(C=Nn2c(-c3cc4c(OC)cccc4o3)nc3ccccc3c2=O)cc1[N+](=O)[O-]. The highest BCUT2D eigenvalue weighted by molar-refractivity contribution is 9.10. The molecule has 0 amide bonds. The van der Waals surface area contributed by atoms with E-state index in [0.29, 0.717) is 37.7 Å². The molecule has 0 fully saturated rings. The van der Waals surface area contributed by atoms with E-state index >= 15 is 0 Å². The van der Waals surface area contributed by atoms with Gasteiger partial charge in [-0.25, -0.2) is 4.98 Å². The predicted molar refractivity (Wildman–Crippen MR) is 146 cm³/mol. The number of para-hydroxylation sites is 1. The maximum Gasteiger partial charge on any atom is 0.312 e. The zero-order chi connectivity index (χ0) is 26.8. The lowest BCUT2D eigenvalue weighted by Crippen LogP contribution is -2.20. The van der Waals surface area contributed by atoms with Crippen LogP contribution in [-0.4, -0.2) is 34.5 Å². The molecule has 3 aromatic carbocycles. The van der Waals surface area contributed by atoms with E-state index in [4.69, 9.17) is 20.3 Å². The van der Waals surface area contributed by atoms with Crippen LogP contribution in [0.15, 0.2) is 79.4 Å². The molecule has 0 N–H and O–H groups in total. The number of fused-ring (bicyclic) bond motifs is 2. The molecule has 0 aliphatic rings. The summed E-state index contributed by atoms with van der Waals surface area (Å²) >= 11 is 3.29. The van der Waals surface area contributed by atoms with Crippen LogP contribution in [0, 0.1) is 22.5 Å². The number of benzene rings is 3. The Kier molecular flexibility index (Phi) is 6.64. The number of rotatable bonds is 7. The molecule has 2 aromatic heterocycles. The van der Waals surface area contributed by atoms with Crippen LogP contribution in [0.5, 0.6) is 11.5 Å². The second kappa shape index (κ2) is 10.2. The van der Waals surface area contributed by atoms with E-state index in [0.717, 1.165) is 4.68 Å². The van der Waals surface area contributed by atoms with Crippen molar-refractivity contribution in [3.63, 3.8) is 0 Å². The summed E-state index contributed by atoms with van der Waals surface area (Å²) in [5, 5.41) is 17.1. The highest BCUT2D eigenvalue weighted by atomic mass is 79.9. The average Bonchev–Trinajstić information content (AvgIpc) is 3.36. The highest BCUT2D eigenvalue weighted by Crippen LogP contribution is 2.36. The van der Waals surface area contributed by atoms with Crippen LogP contribution < -0.4 is 15.0 Å². The van der Waals surface area contributed by atoms with Gasteiger partial charge in [-0.15, -0.1) is 6.42 Å². The lowest BCUT2D eigenvalue weighted by molar-refractivity contribution is -0.385. The minimum absolute atomic E-state index is 0.00782. The third-order valence-electron chi connectivity index (χ3n) is 5.58. The Labute approximate surface area is 223 Å². The highest BCUT2D eigenvalue weighted by Gasteiger charge is 2.21. The first-order valence-corrected chi connectivity index (χ1v) is 11.9. The van der Waals surface area contributed by atoms with E-state index < -0.39 is 10.5 Å². The Balaban J connectivity index is 1.68. The Bertz CT molecular complexity index is 1850. The number of aromatic nitrogens is 2. The molecule has 0 saturated heterocycles. The second-order valence-electron chi connectivity index (χ2n) is 7.90. The predicted octanol–water partition coefficient (Wildman–Crippen LogP) is 5.38. The maximum absolute atomic E-state index is 13.5. The van der Waals surface area contributed by atoms with Gasteiger partial charge in [0.25, 0.3) is 5.56 Å². The number of methoxy groups -OCH3 is 1. The summed E-state index contributed by atoms with van der Waals surface area (Å²) in [5.41, 5.74) is 0.564. The number of nitro groups is 1. The molecule has 0 spiro atoms. The number of halogens is 1. The monoisotopic (exact) mass is 572 g/mol. The lowest BCUT2D eigenvalue weighted by atomic mass is 10.2. The molecule has 0 aliphatic heterocycles. The summed E-state index contributed by atoms with van der Waals surface area (Å²) in [6, 6.07) is 16.8. The molecule has 0 saturated carbocycles. The van der Waals surface area contributed by atoms with Gasteiger partial charge in [-0.2, -0.15) is 9.78 Å². The maximum atomic E-state index is 13.5. The summed E-state index contributed by atoms with van der Waals surface area (Å²) in [5.74, 6) is 3.30. The first kappa shape index (κ1) is 24.7. The van der Waals surface area contributed by atoms with Crippen LogP contribution in [-0.2, 0) is 0 Å². The van der Waals surface area contributed by atoms with E-state index in [1.54, 1.807) is 61.7 Å². The Morgan fingerprint density at radius 2 is 2.03 bits per heavy atom. The second-order valence-corrected chi connectivity index (χ2v) is 8.75. The molecular formula is C27H17BrN4O6. The number of nitro benzene ring substituents is 1. The Hall–Kier alpha value is -4.95. The van der Waals surface area contributed by atoms with Crippen molar-refractivity contribution < 1.29 is 18.8 Å². The number of hydrogen-bond donors (Lipinski definition) is 0. The van der Waals surface area contributed by atoms with Crippen molar-refractivity contribution in [3.8, 4) is 35.4 Å². The van der Waals surface area contributed by atoms with Crippen molar-refractivity contribution >= 4 is 49.7 Å². The molecular weight excluding hydrogens is 556 g/mol. The normalized spacial score (nSPS) is 11.2. The van der Waals surface area contributed by atoms with E-state index in [1.165, 1.54) is 12.3 Å². The van der Waals surface area contributed by atoms with Crippen LogP contribution in [0.2, 0.25) is 0 Å². The summed E-state index contributed by atoms with van der Waals surface area (Å²) in [6.45, 7) is -0.142. The molecule has 2 heterocycles. The molecule has 5 rings (SSSR count). The summed E-state index contributed by atoms with van der Waals surface area (Å²) in [6.07, 6.45) is 6.53. The number of ether oxygens (including phenoxy) is 2. The minimum atomic E-state index is -0.592. The van der Waals surface area contributed by atoms with Crippen molar-refractivity contribution in [3.05, 3.63) is 91.2 Å². The standard InChI is InChI=1S/C27H17BrN4O6/c1-3-11-37-25-19(28)12-16(13-21(25)32(34)35)15-29-31-26(30-20-8-5-4-7-17(20)27(31)33)24-14-18-22(36-2)9-6-10-23(18)38-24/h1,4-10,12-15H,11H2,2H3. The van der Waals surface area contributed by atoms with Crippen molar-refractivity contribution in [2.45, 2.75) is 0 Å². The zero-order valence-corrected chi connectivity index (χ0v) is 21.3. The third-order valence-corrected chi connectivity index (χ3v) is 6.17. The molecule has 0 unspecified atom stereocenters. The van der Waals surface area contributed by atoms with Gasteiger partial charge in [0.1, 0.15) is 17.9 Å².